The number of pyridine rings is 1. The molecule has 3 aromatic rings. The predicted octanol–water partition coefficient (Wildman–Crippen LogP) is 2.71. The molecular formula is C20H23N5O3. The van der Waals surface area contributed by atoms with Crippen LogP contribution in [0.15, 0.2) is 36.8 Å². The van der Waals surface area contributed by atoms with Gasteiger partial charge in [0.25, 0.3) is 5.91 Å². The number of carbonyl (C=O) groups excluding carboxylic acids is 2. The van der Waals surface area contributed by atoms with Crippen molar-refractivity contribution in [2.24, 2.45) is 0 Å². The lowest BCUT2D eigenvalue weighted by Gasteiger charge is -2.09. The van der Waals surface area contributed by atoms with Gasteiger partial charge < -0.3 is 15.0 Å². The summed E-state index contributed by atoms with van der Waals surface area (Å²) in [5.41, 5.74) is 2.83. The van der Waals surface area contributed by atoms with Gasteiger partial charge in [0.2, 0.25) is 0 Å². The second-order valence-electron chi connectivity index (χ2n) is 6.73. The Hall–Kier alpha value is -3.42. The SMILES string of the molecule is Cc1[nH]c(C(=O)NCc2ccnc(-n3cccn3)c2)c(C)c1C(=O)OC(C)C. The van der Waals surface area contributed by atoms with Crippen LogP contribution in [0.2, 0.25) is 0 Å². The summed E-state index contributed by atoms with van der Waals surface area (Å²) in [5.74, 6) is -0.0534. The van der Waals surface area contributed by atoms with Crippen molar-refractivity contribution in [3.8, 4) is 5.82 Å². The summed E-state index contributed by atoms with van der Waals surface area (Å²) in [7, 11) is 0. The van der Waals surface area contributed by atoms with E-state index >= 15 is 0 Å². The normalized spacial score (nSPS) is 10.9. The molecule has 0 radical (unpaired) electrons. The fourth-order valence-corrected chi connectivity index (χ4v) is 2.93. The maximum Gasteiger partial charge on any atom is 0.340 e. The molecule has 0 bridgehead atoms. The van der Waals surface area contributed by atoms with Crippen molar-refractivity contribution in [3.05, 3.63) is 64.9 Å². The summed E-state index contributed by atoms with van der Waals surface area (Å²) in [4.78, 5) is 32.2. The summed E-state index contributed by atoms with van der Waals surface area (Å²) in [6, 6.07) is 5.49. The van der Waals surface area contributed by atoms with Crippen LogP contribution in [0, 0.1) is 13.8 Å². The summed E-state index contributed by atoms with van der Waals surface area (Å²) in [6.07, 6.45) is 4.92. The van der Waals surface area contributed by atoms with E-state index in [4.69, 9.17) is 4.74 Å². The van der Waals surface area contributed by atoms with Crippen LogP contribution in [-0.4, -0.2) is 37.7 Å². The number of rotatable bonds is 6. The number of aryl methyl sites for hydroxylation is 1. The van der Waals surface area contributed by atoms with Gasteiger partial charge in [0.15, 0.2) is 5.82 Å². The van der Waals surface area contributed by atoms with Crippen molar-refractivity contribution >= 4 is 11.9 Å². The standard InChI is InChI=1S/C20H23N5O3/c1-12(2)28-20(27)17-13(3)18(24-14(17)4)19(26)22-11-15-6-8-21-16(10-15)25-9-5-7-23-25/h5-10,12,24H,11H2,1-4H3,(H,22,26). The molecule has 0 spiro atoms. The van der Waals surface area contributed by atoms with Crippen LogP contribution >= 0.6 is 0 Å². The number of esters is 1. The molecule has 2 N–H and O–H groups in total. The minimum absolute atomic E-state index is 0.228. The highest BCUT2D eigenvalue weighted by molar-refractivity contribution is 6.00. The first-order valence-electron chi connectivity index (χ1n) is 9.00. The average Bonchev–Trinajstić information content (AvgIpc) is 3.27. The van der Waals surface area contributed by atoms with Gasteiger partial charge in [-0.15, -0.1) is 0 Å². The summed E-state index contributed by atoms with van der Waals surface area (Å²) in [6.45, 7) is 7.38. The highest BCUT2D eigenvalue weighted by Gasteiger charge is 2.23. The van der Waals surface area contributed by atoms with Crippen LogP contribution in [0.3, 0.4) is 0 Å². The lowest BCUT2D eigenvalue weighted by atomic mass is 10.1. The van der Waals surface area contributed by atoms with Crippen LogP contribution in [-0.2, 0) is 11.3 Å². The molecule has 0 saturated carbocycles. The van der Waals surface area contributed by atoms with Gasteiger partial charge in [-0.25, -0.2) is 14.5 Å². The zero-order chi connectivity index (χ0) is 20.3. The Bertz CT molecular complexity index is 989. The number of H-pyrrole nitrogens is 1. The van der Waals surface area contributed by atoms with Crippen LogP contribution in [0.25, 0.3) is 5.82 Å². The Morgan fingerprint density at radius 1 is 1.29 bits per heavy atom. The van der Waals surface area contributed by atoms with E-state index in [2.05, 4.69) is 20.4 Å². The number of hydrogen-bond donors (Lipinski definition) is 2. The first kappa shape index (κ1) is 19.3. The van der Waals surface area contributed by atoms with Gasteiger partial charge in [0, 0.05) is 30.8 Å². The van der Waals surface area contributed by atoms with E-state index < -0.39 is 5.97 Å². The van der Waals surface area contributed by atoms with Crippen LogP contribution in [0.5, 0.6) is 0 Å². The Balaban J connectivity index is 1.72. The van der Waals surface area contributed by atoms with Crippen molar-refractivity contribution < 1.29 is 14.3 Å². The number of aromatic amines is 1. The highest BCUT2D eigenvalue weighted by Crippen LogP contribution is 2.20. The zero-order valence-electron chi connectivity index (χ0n) is 16.3. The molecule has 28 heavy (non-hydrogen) atoms. The second kappa shape index (κ2) is 8.08. The molecule has 146 valence electrons. The number of nitrogens with zero attached hydrogens (tertiary/aromatic N) is 3. The first-order chi connectivity index (χ1) is 13.4. The van der Waals surface area contributed by atoms with E-state index in [0.29, 0.717) is 34.9 Å². The maximum absolute atomic E-state index is 12.6. The molecule has 3 heterocycles. The highest BCUT2D eigenvalue weighted by atomic mass is 16.5. The van der Waals surface area contributed by atoms with E-state index in [1.807, 2.05) is 18.2 Å². The molecule has 0 fully saturated rings. The minimum atomic E-state index is -0.432. The molecule has 8 nitrogen and oxygen atoms in total. The predicted molar refractivity (Wildman–Crippen MR) is 103 cm³/mol. The third kappa shape index (κ3) is 4.11. The van der Waals surface area contributed by atoms with Crippen LogP contribution in [0.4, 0.5) is 0 Å². The molecule has 3 rings (SSSR count). The Morgan fingerprint density at radius 3 is 2.75 bits per heavy atom. The maximum atomic E-state index is 12.6. The lowest BCUT2D eigenvalue weighted by molar-refractivity contribution is 0.0376. The summed E-state index contributed by atoms with van der Waals surface area (Å²) in [5, 5.41) is 7.02. The lowest BCUT2D eigenvalue weighted by Crippen LogP contribution is -2.24. The Kier molecular flexibility index (Phi) is 5.58. The van der Waals surface area contributed by atoms with E-state index in [0.717, 1.165) is 5.56 Å². The minimum Gasteiger partial charge on any atom is -0.459 e. The van der Waals surface area contributed by atoms with Gasteiger partial charge in [0.1, 0.15) is 5.69 Å². The number of ether oxygens (including phenoxy) is 1. The molecule has 0 unspecified atom stereocenters. The zero-order valence-corrected chi connectivity index (χ0v) is 16.3. The molecule has 8 heteroatoms. The fraction of sp³-hybridized carbons (Fsp3) is 0.300. The quantitative estimate of drug-likeness (QED) is 0.639. The summed E-state index contributed by atoms with van der Waals surface area (Å²) < 4.78 is 6.91. The largest absolute Gasteiger partial charge is 0.459 e. The van der Waals surface area contributed by atoms with E-state index in [1.54, 1.807) is 51.0 Å². The first-order valence-corrected chi connectivity index (χ1v) is 9.00. The van der Waals surface area contributed by atoms with E-state index in [9.17, 15) is 9.59 Å². The topological polar surface area (TPSA) is 102 Å². The molecule has 0 atom stereocenters. The molecule has 0 aliphatic carbocycles. The monoisotopic (exact) mass is 381 g/mol. The third-order valence-electron chi connectivity index (χ3n) is 4.21. The third-order valence-corrected chi connectivity index (χ3v) is 4.21. The molecule has 0 saturated heterocycles. The van der Waals surface area contributed by atoms with E-state index in [1.165, 1.54) is 0 Å². The van der Waals surface area contributed by atoms with Crippen molar-refractivity contribution in [2.75, 3.05) is 0 Å². The number of hydrogen-bond acceptors (Lipinski definition) is 5. The molecule has 0 aliphatic rings. The number of carbonyl (C=O) groups is 2. The van der Waals surface area contributed by atoms with Gasteiger partial charge >= 0.3 is 5.97 Å². The van der Waals surface area contributed by atoms with Crippen molar-refractivity contribution in [3.63, 3.8) is 0 Å². The molecule has 0 aromatic carbocycles. The number of nitrogens with one attached hydrogen (secondary N) is 2. The van der Waals surface area contributed by atoms with Crippen molar-refractivity contribution in [1.29, 1.82) is 0 Å². The van der Waals surface area contributed by atoms with Crippen LogP contribution in [0.1, 0.15) is 51.5 Å². The average molecular weight is 381 g/mol. The number of aromatic nitrogens is 4. The molecule has 3 aromatic heterocycles. The van der Waals surface area contributed by atoms with Crippen molar-refractivity contribution in [2.45, 2.75) is 40.3 Å². The fourth-order valence-electron chi connectivity index (χ4n) is 2.93. The van der Waals surface area contributed by atoms with Gasteiger partial charge in [-0.1, -0.05) is 0 Å². The Labute approximate surface area is 162 Å². The molecular weight excluding hydrogens is 358 g/mol. The smallest absolute Gasteiger partial charge is 0.340 e. The Morgan fingerprint density at radius 2 is 2.07 bits per heavy atom. The van der Waals surface area contributed by atoms with E-state index in [-0.39, 0.29) is 12.0 Å². The van der Waals surface area contributed by atoms with Crippen molar-refractivity contribution in [1.82, 2.24) is 25.1 Å². The van der Waals surface area contributed by atoms with Gasteiger partial charge in [-0.3, -0.25) is 4.79 Å². The van der Waals surface area contributed by atoms with Gasteiger partial charge in [-0.2, -0.15) is 5.10 Å². The number of amides is 1. The summed E-state index contributed by atoms with van der Waals surface area (Å²) >= 11 is 0. The van der Waals surface area contributed by atoms with Crippen LogP contribution < -0.4 is 5.32 Å². The molecule has 1 amide bonds. The van der Waals surface area contributed by atoms with Gasteiger partial charge in [0.05, 0.1) is 11.7 Å². The molecule has 0 aliphatic heterocycles. The van der Waals surface area contributed by atoms with Gasteiger partial charge in [-0.05, 0) is 57.0 Å². The second-order valence-corrected chi connectivity index (χ2v) is 6.73.